The maximum absolute atomic E-state index is 10.5. The molecule has 0 aromatic rings. The van der Waals surface area contributed by atoms with Gasteiger partial charge in [0.2, 0.25) is 0 Å². The van der Waals surface area contributed by atoms with E-state index in [1.54, 1.807) is 0 Å². The van der Waals surface area contributed by atoms with Crippen molar-refractivity contribution in [3.63, 3.8) is 0 Å². The lowest BCUT2D eigenvalue weighted by atomic mass is 9.97. The molecule has 0 aliphatic heterocycles. The zero-order valence-corrected chi connectivity index (χ0v) is 16.5. The molecule has 0 spiro atoms. The smallest absolute Gasteiger partial charge is 0.303 e. The van der Waals surface area contributed by atoms with Gasteiger partial charge < -0.3 is 5.11 Å². The largest absolute Gasteiger partial charge is 0.481 e. The summed E-state index contributed by atoms with van der Waals surface area (Å²) in [5.74, 6) is -0.0623. The molecule has 24 heavy (non-hydrogen) atoms. The molecule has 0 aromatic heterocycles. The Hall–Kier alpha value is -1.31. The number of allylic oxidation sites excluding steroid dienone is 6. The van der Waals surface area contributed by atoms with Crippen LogP contribution in [0.2, 0.25) is 0 Å². The van der Waals surface area contributed by atoms with Crippen LogP contribution in [0.15, 0.2) is 34.9 Å². The molecular formula is C22H38O2. The van der Waals surface area contributed by atoms with E-state index in [1.165, 1.54) is 23.1 Å². The van der Waals surface area contributed by atoms with Gasteiger partial charge in [0, 0.05) is 6.42 Å². The van der Waals surface area contributed by atoms with Gasteiger partial charge >= 0.3 is 5.97 Å². The zero-order chi connectivity index (χ0) is 18.4. The molecule has 0 aliphatic carbocycles. The second-order valence-corrected chi connectivity index (χ2v) is 7.43. The summed E-state index contributed by atoms with van der Waals surface area (Å²) in [5.41, 5.74) is 4.37. The molecule has 2 nitrogen and oxygen atoms in total. The summed E-state index contributed by atoms with van der Waals surface area (Å²) in [6, 6.07) is 0. The summed E-state index contributed by atoms with van der Waals surface area (Å²) < 4.78 is 0. The lowest BCUT2D eigenvalue weighted by molar-refractivity contribution is -0.137. The molecule has 0 fully saturated rings. The normalized spacial score (nSPS) is 13.7. The first kappa shape index (κ1) is 22.7. The van der Waals surface area contributed by atoms with E-state index in [9.17, 15) is 4.79 Å². The number of rotatable bonds is 13. The van der Waals surface area contributed by atoms with Crippen molar-refractivity contribution >= 4 is 5.97 Å². The van der Waals surface area contributed by atoms with E-state index in [0.29, 0.717) is 12.3 Å². The average molecular weight is 335 g/mol. The van der Waals surface area contributed by atoms with Crippen LogP contribution in [0.5, 0.6) is 0 Å². The molecule has 1 N–H and O–H groups in total. The number of carbonyl (C=O) groups is 1. The fraction of sp³-hybridized carbons (Fsp3) is 0.682. The van der Waals surface area contributed by atoms with Crippen molar-refractivity contribution in [1.82, 2.24) is 0 Å². The summed E-state index contributed by atoms with van der Waals surface area (Å²) >= 11 is 0. The molecule has 0 saturated heterocycles. The Labute approximate surface area is 149 Å². The van der Waals surface area contributed by atoms with Crippen LogP contribution in [-0.4, -0.2) is 11.1 Å². The van der Waals surface area contributed by atoms with Crippen LogP contribution in [0.1, 0.15) is 92.4 Å². The molecule has 1 unspecified atom stereocenters. The van der Waals surface area contributed by atoms with Crippen molar-refractivity contribution < 1.29 is 9.90 Å². The first-order chi connectivity index (χ1) is 11.3. The van der Waals surface area contributed by atoms with E-state index in [1.807, 2.05) is 0 Å². The molecule has 0 rings (SSSR count). The average Bonchev–Trinajstić information content (AvgIpc) is 2.46. The summed E-state index contributed by atoms with van der Waals surface area (Å²) in [4.78, 5) is 10.5. The first-order valence-electron chi connectivity index (χ1n) is 9.47. The minimum absolute atomic E-state index is 0.304. The van der Waals surface area contributed by atoms with Gasteiger partial charge in [-0.25, -0.2) is 0 Å². The van der Waals surface area contributed by atoms with Crippen LogP contribution < -0.4 is 0 Å². The molecule has 0 bridgehead atoms. The summed E-state index contributed by atoms with van der Waals surface area (Å²) in [6.07, 6.45) is 16.1. The van der Waals surface area contributed by atoms with Crippen LogP contribution in [0.3, 0.4) is 0 Å². The van der Waals surface area contributed by atoms with Gasteiger partial charge in [0.05, 0.1) is 0 Å². The summed E-state index contributed by atoms with van der Waals surface area (Å²) in [5, 5.41) is 8.65. The van der Waals surface area contributed by atoms with Gasteiger partial charge in [-0.05, 0) is 78.6 Å². The fourth-order valence-electron chi connectivity index (χ4n) is 2.70. The summed E-state index contributed by atoms with van der Waals surface area (Å²) in [6.45, 7) is 11.0. The van der Waals surface area contributed by atoms with E-state index < -0.39 is 5.97 Å². The van der Waals surface area contributed by atoms with E-state index in [4.69, 9.17) is 5.11 Å². The van der Waals surface area contributed by atoms with Gasteiger partial charge in [-0.15, -0.1) is 0 Å². The molecule has 0 radical (unpaired) electrons. The van der Waals surface area contributed by atoms with Crippen molar-refractivity contribution in [3.05, 3.63) is 34.9 Å². The van der Waals surface area contributed by atoms with Gasteiger partial charge in [-0.3, -0.25) is 4.79 Å². The lowest BCUT2D eigenvalue weighted by Crippen LogP contribution is -1.98. The van der Waals surface area contributed by atoms with Gasteiger partial charge in [0.1, 0.15) is 0 Å². The maximum Gasteiger partial charge on any atom is 0.303 e. The van der Waals surface area contributed by atoms with Gasteiger partial charge in [-0.2, -0.15) is 0 Å². The third-order valence-corrected chi connectivity index (χ3v) is 4.36. The predicted octanol–water partition coefficient (Wildman–Crippen LogP) is 7.08. The number of hydrogen-bond acceptors (Lipinski definition) is 1. The Morgan fingerprint density at radius 2 is 1.38 bits per heavy atom. The Bertz CT molecular complexity index is 437. The topological polar surface area (TPSA) is 37.3 Å². The number of carboxylic acids is 1. The minimum atomic E-state index is -0.679. The highest BCUT2D eigenvalue weighted by atomic mass is 16.4. The van der Waals surface area contributed by atoms with Gasteiger partial charge in [0.15, 0.2) is 0 Å². The molecule has 1 atom stereocenters. The molecule has 0 heterocycles. The Balaban J connectivity index is 3.86. The van der Waals surface area contributed by atoms with Crippen molar-refractivity contribution in [2.75, 3.05) is 0 Å². The highest BCUT2D eigenvalue weighted by Gasteiger charge is 2.03. The molecule has 138 valence electrons. The Morgan fingerprint density at radius 1 is 0.833 bits per heavy atom. The third kappa shape index (κ3) is 15.6. The molecule has 0 aromatic carbocycles. The Kier molecular flexibility index (Phi) is 13.3. The van der Waals surface area contributed by atoms with E-state index in [-0.39, 0.29) is 0 Å². The van der Waals surface area contributed by atoms with Gasteiger partial charge in [0.25, 0.3) is 0 Å². The molecule has 0 aliphatic rings. The number of carboxylic acid groups (broad SMARTS) is 1. The SMILES string of the molecule is CC(C)=CCC/C(C)=C/CC/C(C)=C/CCC(C)CCCC(=O)O. The fourth-order valence-corrected chi connectivity index (χ4v) is 2.70. The van der Waals surface area contributed by atoms with Crippen molar-refractivity contribution in [3.8, 4) is 0 Å². The monoisotopic (exact) mass is 334 g/mol. The van der Waals surface area contributed by atoms with Crippen molar-refractivity contribution in [2.24, 2.45) is 5.92 Å². The lowest BCUT2D eigenvalue weighted by Gasteiger charge is -2.09. The highest BCUT2D eigenvalue weighted by Crippen LogP contribution is 2.16. The number of aliphatic carboxylic acids is 1. The standard InChI is InChI=1S/C22H38O2/c1-18(2)10-6-11-19(3)12-7-13-20(4)14-8-15-21(5)16-9-17-22(23)24/h10,12,14,21H,6-9,11,13,15-17H2,1-5H3,(H,23,24)/b19-12+,20-14+. The maximum atomic E-state index is 10.5. The van der Waals surface area contributed by atoms with E-state index in [0.717, 1.165) is 44.9 Å². The van der Waals surface area contributed by atoms with E-state index >= 15 is 0 Å². The van der Waals surface area contributed by atoms with E-state index in [2.05, 4.69) is 52.8 Å². The third-order valence-electron chi connectivity index (χ3n) is 4.36. The Morgan fingerprint density at radius 3 is 1.92 bits per heavy atom. The molecule has 2 heteroatoms. The van der Waals surface area contributed by atoms with Crippen molar-refractivity contribution in [1.29, 1.82) is 0 Å². The number of hydrogen-bond donors (Lipinski definition) is 1. The second kappa shape index (κ2) is 14.1. The molecule has 0 amide bonds. The van der Waals surface area contributed by atoms with Crippen LogP contribution >= 0.6 is 0 Å². The van der Waals surface area contributed by atoms with Crippen LogP contribution in [0.25, 0.3) is 0 Å². The quantitative estimate of drug-likeness (QED) is 0.365. The second-order valence-electron chi connectivity index (χ2n) is 7.43. The molecular weight excluding hydrogens is 296 g/mol. The molecule has 0 saturated carbocycles. The summed E-state index contributed by atoms with van der Waals surface area (Å²) in [7, 11) is 0. The van der Waals surface area contributed by atoms with Crippen LogP contribution in [0.4, 0.5) is 0 Å². The predicted molar refractivity (Wildman–Crippen MR) is 105 cm³/mol. The van der Waals surface area contributed by atoms with Crippen molar-refractivity contribution in [2.45, 2.75) is 92.4 Å². The zero-order valence-electron chi connectivity index (χ0n) is 16.5. The first-order valence-corrected chi connectivity index (χ1v) is 9.47. The highest BCUT2D eigenvalue weighted by molar-refractivity contribution is 5.66. The van der Waals surface area contributed by atoms with Crippen LogP contribution in [-0.2, 0) is 4.79 Å². The van der Waals surface area contributed by atoms with Crippen LogP contribution in [0, 0.1) is 5.92 Å². The van der Waals surface area contributed by atoms with Gasteiger partial charge in [-0.1, -0.05) is 48.3 Å². The minimum Gasteiger partial charge on any atom is -0.481 e.